The Bertz CT molecular complexity index is 652. The van der Waals surface area contributed by atoms with E-state index in [1.54, 1.807) is 18.2 Å². The van der Waals surface area contributed by atoms with E-state index in [1.807, 2.05) is 6.92 Å². The number of carboxylic acid groups (broad SMARTS) is 1. The summed E-state index contributed by atoms with van der Waals surface area (Å²) in [7, 11) is 1.48. The predicted molar refractivity (Wildman–Crippen MR) is 71.2 cm³/mol. The topological polar surface area (TPSA) is 55.8 Å². The van der Waals surface area contributed by atoms with Crippen molar-refractivity contribution >= 4 is 5.97 Å². The molecular weight excluding hydrogens is 263 g/mol. The summed E-state index contributed by atoms with van der Waals surface area (Å²) in [4.78, 5) is 11.1. The lowest BCUT2D eigenvalue weighted by molar-refractivity contribution is 0.0689. The summed E-state index contributed by atoms with van der Waals surface area (Å²) in [6.45, 7) is 1.89. The van der Waals surface area contributed by atoms with Crippen molar-refractivity contribution in [1.82, 2.24) is 0 Å². The Labute approximate surface area is 115 Å². The molecule has 4 nitrogen and oxygen atoms in total. The van der Waals surface area contributed by atoms with Gasteiger partial charge in [0, 0.05) is 0 Å². The van der Waals surface area contributed by atoms with Crippen LogP contribution in [0.5, 0.6) is 17.2 Å². The molecular formula is C15H13FO4. The van der Waals surface area contributed by atoms with Gasteiger partial charge in [-0.05, 0) is 36.8 Å². The number of hydrogen-bond donors (Lipinski definition) is 1. The number of methoxy groups -OCH3 is 1. The van der Waals surface area contributed by atoms with E-state index in [0.29, 0.717) is 11.5 Å². The maximum Gasteiger partial charge on any atom is 0.342 e. The highest BCUT2D eigenvalue weighted by Gasteiger charge is 2.18. The minimum atomic E-state index is -1.39. The molecule has 0 aliphatic rings. The van der Waals surface area contributed by atoms with Gasteiger partial charge in [0.1, 0.15) is 17.1 Å². The van der Waals surface area contributed by atoms with Crippen LogP contribution in [0.15, 0.2) is 36.4 Å². The molecule has 0 atom stereocenters. The molecule has 0 spiro atoms. The first-order valence-corrected chi connectivity index (χ1v) is 5.87. The molecule has 0 bridgehead atoms. The summed E-state index contributed by atoms with van der Waals surface area (Å²) >= 11 is 0. The van der Waals surface area contributed by atoms with Crippen LogP contribution in [-0.2, 0) is 0 Å². The second-order valence-electron chi connectivity index (χ2n) is 4.17. The summed E-state index contributed by atoms with van der Waals surface area (Å²) in [5.74, 6) is -1.53. The van der Waals surface area contributed by atoms with Crippen molar-refractivity contribution in [3.8, 4) is 17.2 Å². The van der Waals surface area contributed by atoms with Crippen molar-refractivity contribution in [2.75, 3.05) is 7.11 Å². The van der Waals surface area contributed by atoms with Crippen molar-refractivity contribution < 1.29 is 23.8 Å². The summed E-state index contributed by atoms with van der Waals surface area (Å²) in [5.41, 5.74) is 0.460. The largest absolute Gasteiger partial charge is 0.493 e. The Kier molecular flexibility index (Phi) is 3.89. The summed E-state index contributed by atoms with van der Waals surface area (Å²) in [6, 6.07) is 9.03. The average molecular weight is 276 g/mol. The van der Waals surface area contributed by atoms with Gasteiger partial charge in [-0.25, -0.2) is 9.18 Å². The highest BCUT2D eigenvalue weighted by atomic mass is 19.1. The minimum Gasteiger partial charge on any atom is -0.493 e. The quantitative estimate of drug-likeness (QED) is 0.926. The van der Waals surface area contributed by atoms with E-state index >= 15 is 0 Å². The SMILES string of the molecule is COc1cc(C)ccc1Oc1cccc(F)c1C(=O)O. The third-order valence-corrected chi connectivity index (χ3v) is 2.73. The molecule has 2 aromatic rings. The molecule has 0 aliphatic carbocycles. The Morgan fingerprint density at radius 3 is 2.55 bits per heavy atom. The molecule has 2 rings (SSSR count). The van der Waals surface area contributed by atoms with Gasteiger partial charge in [-0.3, -0.25) is 0 Å². The standard InChI is InChI=1S/C15H13FO4/c1-9-6-7-11(13(8-9)19-2)20-12-5-3-4-10(16)14(12)15(17)18/h3-8H,1-2H3,(H,17,18). The van der Waals surface area contributed by atoms with Crippen LogP contribution in [0, 0.1) is 12.7 Å². The number of benzene rings is 2. The fourth-order valence-electron chi connectivity index (χ4n) is 1.77. The van der Waals surface area contributed by atoms with Crippen molar-refractivity contribution in [1.29, 1.82) is 0 Å². The van der Waals surface area contributed by atoms with Crippen molar-refractivity contribution in [2.45, 2.75) is 6.92 Å². The molecule has 0 amide bonds. The zero-order valence-electron chi connectivity index (χ0n) is 11.0. The van der Waals surface area contributed by atoms with Crippen molar-refractivity contribution in [3.63, 3.8) is 0 Å². The molecule has 2 aromatic carbocycles. The highest BCUT2D eigenvalue weighted by molar-refractivity contribution is 5.91. The van der Waals surface area contributed by atoms with E-state index in [9.17, 15) is 9.18 Å². The van der Waals surface area contributed by atoms with E-state index in [0.717, 1.165) is 11.6 Å². The number of hydrogen-bond acceptors (Lipinski definition) is 3. The zero-order valence-corrected chi connectivity index (χ0v) is 11.0. The van der Waals surface area contributed by atoms with E-state index in [2.05, 4.69) is 0 Å². The molecule has 0 unspecified atom stereocenters. The molecule has 0 saturated heterocycles. The van der Waals surface area contributed by atoms with Crippen LogP contribution in [0.25, 0.3) is 0 Å². The van der Waals surface area contributed by atoms with Gasteiger partial charge < -0.3 is 14.6 Å². The van der Waals surface area contributed by atoms with Gasteiger partial charge in [0.05, 0.1) is 7.11 Å². The minimum absolute atomic E-state index is 0.0698. The highest BCUT2D eigenvalue weighted by Crippen LogP contribution is 2.34. The molecule has 0 radical (unpaired) electrons. The molecule has 0 saturated carbocycles. The number of aryl methyl sites for hydroxylation is 1. The molecule has 104 valence electrons. The number of rotatable bonds is 4. The van der Waals surface area contributed by atoms with Crippen molar-refractivity contribution in [2.24, 2.45) is 0 Å². The van der Waals surface area contributed by atoms with E-state index < -0.39 is 17.3 Å². The van der Waals surface area contributed by atoms with E-state index in [-0.39, 0.29) is 5.75 Å². The number of halogens is 1. The van der Waals surface area contributed by atoms with Gasteiger partial charge in [0.2, 0.25) is 0 Å². The molecule has 0 aromatic heterocycles. The lowest BCUT2D eigenvalue weighted by atomic mass is 10.2. The average Bonchev–Trinajstić information content (AvgIpc) is 2.40. The van der Waals surface area contributed by atoms with Gasteiger partial charge in [0.25, 0.3) is 0 Å². The van der Waals surface area contributed by atoms with E-state index in [1.165, 1.54) is 19.2 Å². The smallest absolute Gasteiger partial charge is 0.342 e. The first-order chi connectivity index (χ1) is 9.52. The molecule has 0 fully saturated rings. The van der Waals surface area contributed by atoms with Gasteiger partial charge in [-0.15, -0.1) is 0 Å². The van der Waals surface area contributed by atoms with Gasteiger partial charge in [-0.1, -0.05) is 12.1 Å². The predicted octanol–water partition coefficient (Wildman–Crippen LogP) is 3.63. The number of ether oxygens (including phenoxy) is 2. The summed E-state index contributed by atoms with van der Waals surface area (Å²) in [5, 5.41) is 9.04. The number of aromatic carboxylic acids is 1. The van der Waals surface area contributed by atoms with Gasteiger partial charge in [-0.2, -0.15) is 0 Å². The number of carbonyl (C=O) groups is 1. The fraction of sp³-hybridized carbons (Fsp3) is 0.133. The van der Waals surface area contributed by atoms with Crippen LogP contribution in [0.2, 0.25) is 0 Å². The zero-order chi connectivity index (χ0) is 14.7. The lowest BCUT2D eigenvalue weighted by Gasteiger charge is -2.12. The van der Waals surface area contributed by atoms with Gasteiger partial charge >= 0.3 is 5.97 Å². The molecule has 1 N–H and O–H groups in total. The molecule has 5 heteroatoms. The fourth-order valence-corrected chi connectivity index (χ4v) is 1.77. The normalized spacial score (nSPS) is 10.2. The first kappa shape index (κ1) is 13.9. The van der Waals surface area contributed by atoms with Crippen LogP contribution in [0.4, 0.5) is 4.39 Å². The molecule has 0 aliphatic heterocycles. The Hall–Kier alpha value is -2.56. The summed E-state index contributed by atoms with van der Waals surface area (Å²) in [6.07, 6.45) is 0. The van der Waals surface area contributed by atoms with Crippen LogP contribution in [-0.4, -0.2) is 18.2 Å². The number of carboxylic acids is 1. The van der Waals surface area contributed by atoms with Crippen LogP contribution >= 0.6 is 0 Å². The Morgan fingerprint density at radius 1 is 1.15 bits per heavy atom. The van der Waals surface area contributed by atoms with Crippen LogP contribution in [0.3, 0.4) is 0 Å². The lowest BCUT2D eigenvalue weighted by Crippen LogP contribution is -2.04. The Balaban J connectivity index is 2.45. The molecule has 20 heavy (non-hydrogen) atoms. The van der Waals surface area contributed by atoms with Crippen molar-refractivity contribution in [3.05, 3.63) is 53.3 Å². The summed E-state index contributed by atoms with van der Waals surface area (Å²) < 4.78 is 24.2. The van der Waals surface area contributed by atoms with E-state index in [4.69, 9.17) is 14.6 Å². The molecule has 0 heterocycles. The van der Waals surface area contributed by atoms with Crippen LogP contribution < -0.4 is 9.47 Å². The first-order valence-electron chi connectivity index (χ1n) is 5.87. The van der Waals surface area contributed by atoms with Gasteiger partial charge in [0.15, 0.2) is 11.5 Å². The maximum absolute atomic E-state index is 13.6. The second kappa shape index (κ2) is 5.61. The third kappa shape index (κ3) is 2.71. The Morgan fingerprint density at radius 2 is 1.90 bits per heavy atom. The third-order valence-electron chi connectivity index (χ3n) is 2.73. The maximum atomic E-state index is 13.6. The second-order valence-corrected chi connectivity index (χ2v) is 4.17. The monoisotopic (exact) mass is 276 g/mol. The van der Waals surface area contributed by atoms with Crippen LogP contribution in [0.1, 0.15) is 15.9 Å².